The second-order valence-corrected chi connectivity index (χ2v) is 7.97. The summed E-state index contributed by atoms with van der Waals surface area (Å²) in [5.74, 6) is -0.794. The van der Waals surface area contributed by atoms with Crippen molar-refractivity contribution in [3.05, 3.63) is 110 Å². The molecule has 0 saturated carbocycles. The maximum absolute atomic E-state index is 12.4. The highest BCUT2D eigenvalue weighted by Crippen LogP contribution is 2.31. The number of halogens is 1. The summed E-state index contributed by atoms with van der Waals surface area (Å²) in [4.78, 5) is 39.4. The lowest BCUT2D eigenvalue weighted by atomic mass is 10.1. The first-order valence-corrected chi connectivity index (χ1v) is 11.4. The molecule has 0 aromatic heterocycles. The summed E-state index contributed by atoms with van der Waals surface area (Å²) in [5, 5.41) is 11.3. The molecule has 186 valence electrons. The molecule has 0 radical (unpaired) electrons. The van der Waals surface area contributed by atoms with E-state index < -0.39 is 16.9 Å². The van der Waals surface area contributed by atoms with Crippen LogP contribution < -0.4 is 9.47 Å². The van der Waals surface area contributed by atoms with Crippen molar-refractivity contribution in [1.29, 1.82) is 0 Å². The predicted molar refractivity (Wildman–Crippen MR) is 137 cm³/mol. The molecule has 0 bridgehead atoms. The van der Waals surface area contributed by atoms with E-state index in [0.717, 1.165) is 6.08 Å². The van der Waals surface area contributed by atoms with E-state index in [9.17, 15) is 19.7 Å². The van der Waals surface area contributed by atoms with Gasteiger partial charge in [0.05, 0.1) is 22.1 Å². The standard InChI is InChI=1S/C27H19ClN2O7/c1-2-35-24-16-18(15-22-27(32)37-26(29-22)20-8-3-4-9-21(20)28)10-12-23(24)36-25(31)13-11-17-6-5-7-19(14-17)30(33)34/h3-16H,2H2,1H3/b13-11+,22-15-. The van der Waals surface area contributed by atoms with Gasteiger partial charge in [-0.1, -0.05) is 41.9 Å². The van der Waals surface area contributed by atoms with Crippen molar-refractivity contribution in [2.75, 3.05) is 6.61 Å². The first kappa shape index (κ1) is 25.3. The number of ether oxygens (including phenoxy) is 3. The topological polar surface area (TPSA) is 117 Å². The van der Waals surface area contributed by atoms with Gasteiger partial charge >= 0.3 is 11.9 Å². The lowest BCUT2D eigenvalue weighted by Gasteiger charge is -2.10. The molecule has 0 fully saturated rings. The SMILES string of the molecule is CCOc1cc(/C=C2\N=C(c3ccccc3Cl)OC2=O)ccc1OC(=O)/C=C/c1cccc([N+](=O)[O-])c1. The zero-order chi connectivity index (χ0) is 26.4. The number of benzene rings is 3. The Kier molecular flexibility index (Phi) is 7.75. The van der Waals surface area contributed by atoms with Crippen molar-refractivity contribution in [3.8, 4) is 11.5 Å². The molecule has 10 heteroatoms. The number of hydrogen-bond acceptors (Lipinski definition) is 8. The molecule has 1 aliphatic rings. The Morgan fingerprint density at radius 1 is 1.08 bits per heavy atom. The molecule has 37 heavy (non-hydrogen) atoms. The van der Waals surface area contributed by atoms with Crippen molar-refractivity contribution in [2.45, 2.75) is 6.92 Å². The molecule has 3 aromatic rings. The average Bonchev–Trinajstić information content (AvgIpc) is 3.24. The fourth-order valence-electron chi connectivity index (χ4n) is 3.33. The van der Waals surface area contributed by atoms with E-state index in [2.05, 4.69) is 4.99 Å². The Morgan fingerprint density at radius 2 is 1.89 bits per heavy atom. The summed E-state index contributed by atoms with van der Waals surface area (Å²) >= 11 is 6.17. The first-order chi connectivity index (χ1) is 17.8. The molecule has 0 saturated heterocycles. The minimum atomic E-state index is -0.702. The van der Waals surface area contributed by atoms with Crippen LogP contribution in [0.25, 0.3) is 12.2 Å². The lowest BCUT2D eigenvalue weighted by molar-refractivity contribution is -0.384. The molecule has 0 unspecified atom stereocenters. The van der Waals surface area contributed by atoms with Crippen molar-refractivity contribution in [3.63, 3.8) is 0 Å². The Morgan fingerprint density at radius 3 is 2.65 bits per heavy atom. The van der Waals surface area contributed by atoms with Crippen LogP contribution in [0.1, 0.15) is 23.6 Å². The van der Waals surface area contributed by atoms with Crippen molar-refractivity contribution >= 4 is 47.3 Å². The van der Waals surface area contributed by atoms with E-state index in [0.29, 0.717) is 28.3 Å². The fourth-order valence-corrected chi connectivity index (χ4v) is 3.55. The minimum Gasteiger partial charge on any atom is -0.490 e. The number of nitro benzene ring substituents is 1. The number of hydrogen-bond donors (Lipinski definition) is 0. The highest BCUT2D eigenvalue weighted by atomic mass is 35.5. The molecule has 1 aliphatic heterocycles. The van der Waals surface area contributed by atoms with Gasteiger partial charge < -0.3 is 14.2 Å². The third kappa shape index (κ3) is 6.28. The van der Waals surface area contributed by atoms with Crippen LogP contribution >= 0.6 is 11.6 Å². The Hall–Kier alpha value is -4.76. The van der Waals surface area contributed by atoms with Crippen LogP contribution in [0.5, 0.6) is 11.5 Å². The summed E-state index contributed by atoms with van der Waals surface area (Å²) < 4.78 is 16.3. The van der Waals surface area contributed by atoms with E-state index in [4.69, 9.17) is 25.8 Å². The van der Waals surface area contributed by atoms with Crippen LogP contribution in [0.2, 0.25) is 5.02 Å². The predicted octanol–water partition coefficient (Wildman–Crippen LogP) is 5.61. The second kappa shape index (κ2) is 11.3. The van der Waals surface area contributed by atoms with Crippen LogP contribution in [-0.2, 0) is 14.3 Å². The van der Waals surface area contributed by atoms with E-state index in [1.807, 2.05) is 0 Å². The van der Waals surface area contributed by atoms with E-state index >= 15 is 0 Å². The first-order valence-electron chi connectivity index (χ1n) is 11.0. The van der Waals surface area contributed by atoms with Crippen LogP contribution in [0.4, 0.5) is 5.69 Å². The monoisotopic (exact) mass is 518 g/mol. The molecule has 9 nitrogen and oxygen atoms in total. The van der Waals surface area contributed by atoms with Crippen LogP contribution in [-0.4, -0.2) is 29.4 Å². The zero-order valence-corrected chi connectivity index (χ0v) is 20.2. The molecule has 0 spiro atoms. The summed E-state index contributed by atoms with van der Waals surface area (Å²) in [6.07, 6.45) is 4.08. The fraction of sp³-hybridized carbons (Fsp3) is 0.0741. The lowest BCUT2D eigenvalue weighted by Crippen LogP contribution is -2.06. The highest BCUT2D eigenvalue weighted by molar-refractivity contribution is 6.34. The molecule has 0 aliphatic carbocycles. The van der Waals surface area contributed by atoms with Crippen molar-refractivity contribution in [2.24, 2.45) is 4.99 Å². The van der Waals surface area contributed by atoms with Gasteiger partial charge in [0, 0.05) is 18.2 Å². The largest absolute Gasteiger partial charge is 0.490 e. The van der Waals surface area contributed by atoms with Gasteiger partial charge in [-0.25, -0.2) is 14.6 Å². The number of esters is 2. The van der Waals surface area contributed by atoms with Gasteiger partial charge in [-0.2, -0.15) is 0 Å². The summed E-state index contributed by atoms with van der Waals surface area (Å²) in [6.45, 7) is 2.07. The summed E-state index contributed by atoms with van der Waals surface area (Å²) in [5.41, 5.74) is 1.51. The molecular weight excluding hydrogens is 500 g/mol. The smallest absolute Gasteiger partial charge is 0.363 e. The van der Waals surface area contributed by atoms with E-state index in [-0.39, 0.29) is 28.8 Å². The van der Waals surface area contributed by atoms with Gasteiger partial charge in [-0.3, -0.25) is 10.1 Å². The molecule has 3 aromatic carbocycles. The van der Waals surface area contributed by atoms with Gasteiger partial charge in [0.25, 0.3) is 5.69 Å². The van der Waals surface area contributed by atoms with Crippen LogP contribution in [0, 0.1) is 10.1 Å². The quantitative estimate of drug-likeness (QED) is 0.125. The normalized spacial score (nSPS) is 13.9. The average molecular weight is 519 g/mol. The van der Waals surface area contributed by atoms with Gasteiger partial charge in [-0.05, 0) is 54.5 Å². The maximum atomic E-state index is 12.4. The highest BCUT2D eigenvalue weighted by Gasteiger charge is 2.25. The van der Waals surface area contributed by atoms with Crippen molar-refractivity contribution < 1.29 is 28.7 Å². The zero-order valence-electron chi connectivity index (χ0n) is 19.4. The molecule has 0 amide bonds. The van der Waals surface area contributed by atoms with Crippen molar-refractivity contribution in [1.82, 2.24) is 0 Å². The summed E-state index contributed by atoms with van der Waals surface area (Å²) in [7, 11) is 0. The number of cyclic esters (lactones) is 1. The Labute approximate surface area is 216 Å². The van der Waals surface area contributed by atoms with Gasteiger partial charge in [0.1, 0.15) is 0 Å². The van der Waals surface area contributed by atoms with Gasteiger partial charge in [0.2, 0.25) is 5.90 Å². The molecule has 0 N–H and O–H groups in total. The Bertz CT molecular complexity index is 1480. The number of rotatable bonds is 8. The summed E-state index contributed by atoms with van der Waals surface area (Å²) in [6, 6.07) is 17.5. The number of nitrogens with zero attached hydrogens (tertiary/aromatic N) is 2. The number of carbonyl (C=O) groups is 2. The van der Waals surface area contributed by atoms with Gasteiger partial charge in [-0.15, -0.1) is 0 Å². The van der Waals surface area contributed by atoms with Crippen LogP contribution in [0.3, 0.4) is 0 Å². The minimum absolute atomic E-state index is 0.0713. The van der Waals surface area contributed by atoms with Crippen LogP contribution in [0.15, 0.2) is 83.5 Å². The molecule has 1 heterocycles. The molecular formula is C27H19ClN2O7. The third-order valence-corrected chi connectivity index (χ3v) is 5.33. The van der Waals surface area contributed by atoms with Gasteiger partial charge in [0.15, 0.2) is 17.2 Å². The number of non-ortho nitro benzene ring substituents is 1. The number of aliphatic imine (C=N–C) groups is 1. The third-order valence-electron chi connectivity index (χ3n) is 5.00. The van der Waals surface area contributed by atoms with E-state index in [1.54, 1.807) is 49.4 Å². The second-order valence-electron chi connectivity index (χ2n) is 7.56. The molecule has 0 atom stereocenters. The molecule has 4 rings (SSSR count). The number of carbonyl (C=O) groups excluding carboxylic acids is 2. The van der Waals surface area contributed by atoms with E-state index in [1.165, 1.54) is 36.4 Å². The Balaban J connectivity index is 1.53. The number of nitro groups is 1. The maximum Gasteiger partial charge on any atom is 0.363 e.